The van der Waals surface area contributed by atoms with Gasteiger partial charge in [0.1, 0.15) is 5.75 Å². The van der Waals surface area contributed by atoms with Crippen LogP contribution in [0.4, 0.5) is 0 Å². The molecule has 1 heterocycles. The Kier molecular flexibility index (Phi) is 2.98. The molecule has 1 aliphatic rings. The molecule has 0 aliphatic carbocycles. The fourth-order valence-corrected chi connectivity index (χ4v) is 2.56. The smallest absolute Gasteiger partial charge is 0.142 e. The first-order chi connectivity index (χ1) is 8.75. The van der Waals surface area contributed by atoms with E-state index >= 15 is 0 Å². The van der Waals surface area contributed by atoms with E-state index in [0.717, 1.165) is 28.9 Å². The summed E-state index contributed by atoms with van der Waals surface area (Å²) >= 11 is 6.28. The van der Waals surface area contributed by atoms with Crippen molar-refractivity contribution < 1.29 is 4.74 Å². The Bertz CT molecular complexity index is 568. The van der Waals surface area contributed by atoms with Crippen molar-refractivity contribution in [2.45, 2.75) is 12.5 Å². The molecule has 3 rings (SSSR count). The maximum atomic E-state index is 6.28. The van der Waals surface area contributed by atoms with Gasteiger partial charge in [-0.15, -0.1) is 0 Å². The summed E-state index contributed by atoms with van der Waals surface area (Å²) in [6.45, 7) is 0.637. The van der Waals surface area contributed by atoms with Crippen LogP contribution in [-0.2, 0) is 0 Å². The lowest BCUT2D eigenvalue weighted by molar-refractivity contribution is 0.269. The quantitative estimate of drug-likeness (QED) is 0.846. The van der Waals surface area contributed by atoms with Gasteiger partial charge in [-0.1, -0.05) is 41.9 Å². The molecule has 0 radical (unpaired) electrons. The largest absolute Gasteiger partial charge is 0.492 e. The first-order valence-electron chi connectivity index (χ1n) is 6.03. The van der Waals surface area contributed by atoms with Gasteiger partial charge >= 0.3 is 0 Å². The summed E-state index contributed by atoms with van der Waals surface area (Å²) in [7, 11) is 0. The lowest BCUT2D eigenvalue weighted by Crippen LogP contribution is -2.20. The number of nitrogens with two attached hydrogens (primary N) is 1. The van der Waals surface area contributed by atoms with E-state index in [1.54, 1.807) is 0 Å². The summed E-state index contributed by atoms with van der Waals surface area (Å²) in [5, 5.41) is 0.640. The topological polar surface area (TPSA) is 35.2 Å². The molecular formula is C15H14ClNO. The van der Waals surface area contributed by atoms with E-state index in [9.17, 15) is 0 Å². The molecule has 2 aromatic carbocycles. The van der Waals surface area contributed by atoms with Crippen molar-refractivity contribution in [3.8, 4) is 16.9 Å². The van der Waals surface area contributed by atoms with E-state index in [1.807, 2.05) is 24.3 Å². The molecule has 2 N–H and O–H groups in total. The van der Waals surface area contributed by atoms with Crippen molar-refractivity contribution in [2.24, 2.45) is 5.73 Å². The number of ether oxygens (including phenoxy) is 1. The van der Waals surface area contributed by atoms with Gasteiger partial charge < -0.3 is 10.5 Å². The second-order valence-corrected chi connectivity index (χ2v) is 4.89. The number of fused-ring (bicyclic) bond motifs is 1. The molecule has 0 bridgehead atoms. The van der Waals surface area contributed by atoms with Crippen LogP contribution in [-0.4, -0.2) is 6.61 Å². The Morgan fingerprint density at radius 3 is 2.67 bits per heavy atom. The Morgan fingerprint density at radius 2 is 1.89 bits per heavy atom. The average molecular weight is 260 g/mol. The Morgan fingerprint density at radius 1 is 1.11 bits per heavy atom. The van der Waals surface area contributed by atoms with Gasteiger partial charge in [0, 0.05) is 18.0 Å². The predicted octanol–water partition coefficient (Wildman–Crippen LogP) is 3.79. The zero-order valence-corrected chi connectivity index (χ0v) is 10.7. The molecule has 0 fully saturated rings. The zero-order valence-electron chi connectivity index (χ0n) is 9.90. The molecule has 3 heteroatoms. The normalized spacial score (nSPS) is 18.0. The van der Waals surface area contributed by atoms with Gasteiger partial charge in [-0.05, 0) is 23.3 Å². The molecular weight excluding hydrogens is 246 g/mol. The maximum Gasteiger partial charge on any atom is 0.142 e. The summed E-state index contributed by atoms with van der Waals surface area (Å²) in [6.07, 6.45) is 0.835. The van der Waals surface area contributed by atoms with E-state index in [1.165, 1.54) is 0 Å². The number of halogens is 1. The SMILES string of the molecule is N[C@H]1CCOc2c(Cl)cc(-c3ccccc3)cc21. The van der Waals surface area contributed by atoms with Crippen molar-refractivity contribution in [1.29, 1.82) is 0 Å². The van der Waals surface area contributed by atoms with E-state index < -0.39 is 0 Å². The van der Waals surface area contributed by atoms with Gasteiger partial charge in [-0.2, -0.15) is 0 Å². The third-order valence-electron chi connectivity index (χ3n) is 3.25. The summed E-state index contributed by atoms with van der Waals surface area (Å²) in [5.74, 6) is 0.745. The molecule has 0 saturated heterocycles. The van der Waals surface area contributed by atoms with Gasteiger partial charge in [0.15, 0.2) is 0 Å². The molecule has 2 nitrogen and oxygen atoms in total. The standard InChI is InChI=1S/C15H14ClNO/c16-13-9-11(10-4-2-1-3-5-10)8-12-14(17)6-7-18-15(12)13/h1-5,8-9,14H,6-7,17H2/t14-/m0/s1. The van der Waals surface area contributed by atoms with Gasteiger partial charge in [-0.3, -0.25) is 0 Å². The lowest BCUT2D eigenvalue weighted by atomic mass is 9.96. The summed E-state index contributed by atoms with van der Waals surface area (Å²) < 4.78 is 5.60. The minimum Gasteiger partial charge on any atom is -0.492 e. The predicted molar refractivity (Wildman–Crippen MR) is 73.9 cm³/mol. The van der Waals surface area contributed by atoms with Crippen molar-refractivity contribution >= 4 is 11.6 Å². The van der Waals surface area contributed by atoms with Crippen molar-refractivity contribution in [2.75, 3.05) is 6.61 Å². The highest BCUT2D eigenvalue weighted by Gasteiger charge is 2.21. The van der Waals surface area contributed by atoms with E-state index in [2.05, 4.69) is 18.2 Å². The van der Waals surface area contributed by atoms with Crippen LogP contribution >= 0.6 is 11.6 Å². The van der Waals surface area contributed by atoms with Crippen molar-refractivity contribution in [3.63, 3.8) is 0 Å². The highest BCUT2D eigenvalue weighted by Crippen LogP contribution is 2.40. The van der Waals surface area contributed by atoms with Gasteiger partial charge in [-0.25, -0.2) is 0 Å². The summed E-state index contributed by atoms with van der Waals surface area (Å²) in [6, 6.07) is 14.2. The first-order valence-corrected chi connectivity index (χ1v) is 6.41. The number of hydrogen-bond donors (Lipinski definition) is 1. The second-order valence-electron chi connectivity index (χ2n) is 4.49. The molecule has 0 amide bonds. The number of benzene rings is 2. The molecule has 2 aromatic rings. The fraction of sp³-hybridized carbons (Fsp3) is 0.200. The highest BCUT2D eigenvalue weighted by molar-refractivity contribution is 6.32. The Hall–Kier alpha value is -1.51. The van der Waals surface area contributed by atoms with Crippen molar-refractivity contribution in [3.05, 3.63) is 53.1 Å². The minimum absolute atomic E-state index is 0.00918. The highest BCUT2D eigenvalue weighted by atomic mass is 35.5. The van der Waals surface area contributed by atoms with Crippen LogP contribution in [0.15, 0.2) is 42.5 Å². The molecule has 0 aromatic heterocycles. The fourth-order valence-electron chi connectivity index (χ4n) is 2.28. The Balaban J connectivity index is 2.14. The van der Waals surface area contributed by atoms with Crippen LogP contribution in [0.1, 0.15) is 18.0 Å². The van der Waals surface area contributed by atoms with E-state index in [-0.39, 0.29) is 6.04 Å². The molecule has 18 heavy (non-hydrogen) atoms. The van der Waals surface area contributed by atoms with Crippen LogP contribution in [0, 0.1) is 0 Å². The number of hydrogen-bond acceptors (Lipinski definition) is 2. The molecule has 0 spiro atoms. The van der Waals surface area contributed by atoms with Crippen LogP contribution in [0.3, 0.4) is 0 Å². The van der Waals surface area contributed by atoms with Gasteiger partial charge in [0.05, 0.1) is 11.6 Å². The lowest BCUT2D eigenvalue weighted by Gasteiger charge is -2.24. The second kappa shape index (κ2) is 4.63. The zero-order chi connectivity index (χ0) is 12.5. The molecule has 1 atom stereocenters. The van der Waals surface area contributed by atoms with Crippen LogP contribution in [0.2, 0.25) is 5.02 Å². The third-order valence-corrected chi connectivity index (χ3v) is 3.53. The van der Waals surface area contributed by atoms with Crippen LogP contribution in [0.25, 0.3) is 11.1 Å². The summed E-state index contributed by atoms with van der Waals surface area (Å²) in [4.78, 5) is 0. The molecule has 92 valence electrons. The number of rotatable bonds is 1. The Labute approximate surface area is 111 Å². The third kappa shape index (κ3) is 1.98. The molecule has 1 aliphatic heterocycles. The van der Waals surface area contributed by atoms with Crippen LogP contribution < -0.4 is 10.5 Å². The maximum absolute atomic E-state index is 6.28. The summed E-state index contributed by atoms with van der Waals surface area (Å²) in [5.41, 5.74) is 9.35. The van der Waals surface area contributed by atoms with Crippen LogP contribution in [0.5, 0.6) is 5.75 Å². The van der Waals surface area contributed by atoms with Crippen molar-refractivity contribution in [1.82, 2.24) is 0 Å². The molecule has 0 unspecified atom stereocenters. The van der Waals surface area contributed by atoms with E-state index in [0.29, 0.717) is 11.6 Å². The molecule has 0 saturated carbocycles. The average Bonchev–Trinajstić information content (AvgIpc) is 2.41. The monoisotopic (exact) mass is 259 g/mol. The minimum atomic E-state index is 0.00918. The van der Waals surface area contributed by atoms with Gasteiger partial charge in [0.25, 0.3) is 0 Å². The van der Waals surface area contributed by atoms with E-state index in [4.69, 9.17) is 22.1 Å². The first kappa shape index (κ1) is 11.6. The van der Waals surface area contributed by atoms with Gasteiger partial charge in [0.2, 0.25) is 0 Å².